The molecule has 1 amide bonds. The van der Waals surface area contributed by atoms with Crippen molar-refractivity contribution in [3.05, 3.63) is 51.1 Å². The molecule has 39 heavy (non-hydrogen) atoms. The summed E-state index contributed by atoms with van der Waals surface area (Å²) >= 11 is 0. The van der Waals surface area contributed by atoms with Crippen LogP contribution >= 0.6 is 0 Å². The fourth-order valence-corrected chi connectivity index (χ4v) is 5.61. The number of carbonyl (C=O) groups is 1. The lowest BCUT2D eigenvalue weighted by Gasteiger charge is -2.45. The smallest absolute Gasteiger partial charge is 0.363 e. The predicted molar refractivity (Wildman–Crippen MR) is 125 cm³/mol. The van der Waals surface area contributed by atoms with Crippen molar-refractivity contribution in [2.75, 3.05) is 50.8 Å². The summed E-state index contributed by atoms with van der Waals surface area (Å²) in [5, 5.41) is 5.91. The summed E-state index contributed by atoms with van der Waals surface area (Å²) in [5.74, 6) is 0.0981. The van der Waals surface area contributed by atoms with Gasteiger partial charge in [0.1, 0.15) is 11.4 Å². The number of fused-ring (bicyclic) bond motifs is 1. The molecule has 4 heterocycles. The molecule has 2 aliphatic heterocycles. The first-order chi connectivity index (χ1) is 18.3. The van der Waals surface area contributed by atoms with E-state index in [2.05, 4.69) is 10.1 Å². The van der Waals surface area contributed by atoms with Crippen molar-refractivity contribution in [3.63, 3.8) is 0 Å². The van der Waals surface area contributed by atoms with E-state index in [1.807, 2.05) is 10.00 Å². The third-order valence-electron chi connectivity index (χ3n) is 7.55. The minimum Gasteiger partial charge on any atom is -0.363 e. The summed E-state index contributed by atoms with van der Waals surface area (Å²) in [7, 11) is 0. The maximum Gasteiger partial charge on any atom is 0.422 e. The van der Waals surface area contributed by atoms with Gasteiger partial charge in [-0.25, -0.2) is 10.1 Å². The zero-order valence-corrected chi connectivity index (χ0v) is 20.9. The first-order valence-electron chi connectivity index (χ1n) is 12.4. The summed E-state index contributed by atoms with van der Waals surface area (Å²) in [5.41, 5.74) is -4.53. The number of pyridine rings is 1. The van der Waals surface area contributed by atoms with Gasteiger partial charge in [-0.3, -0.25) is 14.5 Å². The molecule has 0 aromatic carbocycles. The van der Waals surface area contributed by atoms with E-state index in [-0.39, 0.29) is 36.7 Å². The molecule has 0 spiro atoms. The Hall–Kier alpha value is -3.20. The second kappa shape index (κ2) is 9.77. The van der Waals surface area contributed by atoms with E-state index in [1.54, 1.807) is 16.7 Å². The standard InChI is InChI=1S/C24H26F6N6O3/c1-22(21(38)35-8-6-34(7-9-35)17-5-2-14(12-31-17)23(25,26)27)13-36(10-11-39-22)16-4-3-15-18(24(28,29)30)20(37)33-32-19(15)16/h2,5,12,16H,3-4,6-11,13H2,1H3,(H,33,37)/t16-,22+/m1/s1. The van der Waals surface area contributed by atoms with E-state index in [1.165, 1.54) is 6.07 Å². The molecule has 3 aliphatic rings. The number of hydrogen-bond acceptors (Lipinski definition) is 7. The molecule has 0 saturated carbocycles. The number of H-pyrrole nitrogens is 1. The van der Waals surface area contributed by atoms with Crippen molar-refractivity contribution in [2.45, 2.75) is 43.8 Å². The summed E-state index contributed by atoms with van der Waals surface area (Å²) in [4.78, 5) is 34.6. The average Bonchev–Trinajstić information content (AvgIpc) is 3.31. The first kappa shape index (κ1) is 27.4. The van der Waals surface area contributed by atoms with Crippen LogP contribution in [0, 0.1) is 0 Å². The number of alkyl halides is 6. The van der Waals surface area contributed by atoms with E-state index < -0.39 is 40.7 Å². The predicted octanol–water partition coefficient (Wildman–Crippen LogP) is 2.63. The van der Waals surface area contributed by atoms with Gasteiger partial charge >= 0.3 is 12.4 Å². The molecule has 2 fully saturated rings. The first-order valence-corrected chi connectivity index (χ1v) is 12.4. The summed E-state index contributed by atoms with van der Waals surface area (Å²) in [6.07, 6.45) is -8.13. The number of ether oxygens (including phenoxy) is 1. The normalized spacial score (nSPS) is 24.6. The van der Waals surface area contributed by atoms with Gasteiger partial charge in [-0.15, -0.1) is 0 Å². The maximum absolute atomic E-state index is 13.5. The molecule has 5 rings (SSSR count). The second-order valence-corrected chi connectivity index (χ2v) is 10.1. The molecule has 1 N–H and O–H groups in total. The zero-order valence-electron chi connectivity index (χ0n) is 20.9. The molecule has 1 aliphatic carbocycles. The van der Waals surface area contributed by atoms with Crippen LogP contribution in [0.4, 0.5) is 32.2 Å². The van der Waals surface area contributed by atoms with E-state index >= 15 is 0 Å². The highest BCUT2D eigenvalue weighted by atomic mass is 19.4. The highest BCUT2D eigenvalue weighted by molar-refractivity contribution is 5.85. The number of rotatable bonds is 3. The molecule has 0 unspecified atom stereocenters. The molecule has 2 aromatic rings. The lowest BCUT2D eigenvalue weighted by molar-refractivity contribution is -0.170. The van der Waals surface area contributed by atoms with Crippen molar-refractivity contribution in [2.24, 2.45) is 0 Å². The number of nitrogens with one attached hydrogen (secondary N) is 1. The minimum absolute atomic E-state index is 0.0493. The maximum atomic E-state index is 13.5. The molecule has 2 atom stereocenters. The minimum atomic E-state index is -4.80. The Labute approximate surface area is 218 Å². The fourth-order valence-electron chi connectivity index (χ4n) is 5.61. The number of nitrogens with zero attached hydrogens (tertiary/aromatic N) is 5. The highest BCUT2D eigenvalue weighted by Gasteiger charge is 2.47. The molecule has 0 radical (unpaired) electrons. The van der Waals surface area contributed by atoms with Crippen LogP contribution in [-0.2, 0) is 28.3 Å². The number of piperazine rings is 1. The van der Waals surface area contributed by atoms with Crippen molar-refractivity contribution in [1.82, 2.24) is 25.0 Å². The van der Waals surface area contributed by atoms with Gasteiger partial charge in [0, 0.05) is 45.5 Å². The topological polar surface area (TPSA) is 94.7 Å². The van der Waals surface area contributed by atoms with E-state index in [0.717, 1.165) is 12.3 Å². The Morgan fingerprint density at radius 3 is 2.41 bits per heavy atom. The van der Waals surface area contributed by atoms with Gasteiger partial charge in [0.05, 0.1) is 23.9 Å². The van der Waals surface area contributed by atoms with Crippen LogP contribution < -0.4 is 10.5 Å². The number of aromatic nitrogens is 3. The van der Waals surface area contributed by atoms with Gasteiger partial charge in [-0.1, -0.05) is 0 Å². The van der Waals surface area contributed by atoms with Gasteiger partial charge in [0.2, 0.25) is 0 Å². The number of hydrogen-bond donors (Lipinski definition) is 1. The highest BCUT2D eigenvalue weighted by Crippen LogP contribution is 2.41. The van der Waals surface area contributed by atoms with Gasteiger partial charge < -0.3 is 14.5 Å². The quantitative estimate of drug-likeness (QED) is 0.577. The number of morpholine rings is 1. The van der Waals surface area contributed by atoms with E-state index in [9.17, 15) is 35.9 Å². The molecule has 9 nitrogen and oxygen atoms in total. The van der Waals surface area contributed by atoms with E-state index in [4.69, 9.17) is 4.74 Å². The Kier molecular flexibility index (Phi) is 6.85. The zero-order chi connectivity index (χ0) is 28.2. The monoisotopic (exact) mass is 560 g/mol. The van der Waals surface area contributed by atoms with Crippen LogP contribution in [0.5, 0.6) is 0 Å². The molecule has 2 saturated heterocycles. The Balaban J connectivity index is 1.25. The molecular weight excluding hydrogens is 534 g/mol. The molecule has 212 valence electrons. The van der Waals surface area contributed by atoms with Crippen molar-refractivity contribution >= 4 is 11.7 Å². The van der Waals surface area contributed by atoms with E-state index in [0.29, 0.717) is 45.0 Å². The van der Waals surface area contributed by atoms with Crippen molar-refractivity contribution in [1.29, 1.82) is 0 Å². The Bertz CT molecular complexity index is 1290. The van der Waals surface area contributed by atoms with Crippen molar-refractivity contribution < 1.29 is 35.9 Å². The van der Waals surface area contributed by atoms with Crippen LogP contribution in [0.2, 0.25) is 0 Å². The van der Waals surface area contributed by atoms with Crippen LogP contribution in [0.1, 0.15) is 41.8 Å². The van der Waals surface area contributed by atoms with Crippen LogP contribution in [0.3, 0.4) is 0 Å². The Morgan fingerprint density at radius 1 is 1.08 bits per heavy atom. The number of aromatic amines is 1. The molecular formula is C24H26F6N6O3. The number of carbonyl (C=O) groups excluding carboxylic acids is 1. The van der Waals surface area contributed by atoms with Gasteiger partial charge in [-0.2, -0.15) is 31.4 Å². The largest absolute Gasteiger partial charge is 0.422 e. The average molecular weight is 560 g/mol. The van der Waals surface area contributed by atoms with Gasteiger partial charge in [0.15, 0.2) is 5.60 Å². The molecule has 2 aromatic heterocycles. The third-order valence-corrected chi connectivity index (χ3v) is 7.55. The number of halogens is 6. The summed E-state index contributed by atoms with van der Waals surface area (Å²) < 4.78 is 84.9. The summed E-state index contributed by atoms with van der Waals surface area (Å²) in [6.45, 7) is 3.63. The second-order valence-electron chi connectivity index (χ2n) is 10.1. The summed E-state index contributed by atoms with van der Waals surface area (Å²) in [6, 6.07) is 1.76. The SMILES string of the molecule is C[C@@]1(C(=O)N2CCN(c3ccc(C(F)(F)F)cn3)CC2)CN([C@@H]2CCc3c2n[nH]c(=O)c3C(F)(F)F)CCO1. The third kappa shape index (κ3) is 5.21. The lowest BCUT2D eigenvalue weighted by atomic mass is 9.99. The Morgan fingerprint density at radius 2 is 1.79 bits per heavy atom. The van der Waals surface area contributed by atoms with Gasteiger partial charge in [0.25, 0.3) is 11.5 Å². The fraction of sp³-hybridized carbons (Fsp3) is 0.583. The molecule has 15 heteroatoms. The number of amides is 1. The van der Waals surface area contributed by atoms with Gasteiger partial charge in [-0.05, 0) is 37.5 Å². The van der Waals surface area contributed by atoms with Crippen molar-refractivity contribution in [3.8, 4) is 0 Å². The molecule has 0 bridgehead atoms. The number of anilines is 1. The lowest BCUT2D eigenvalue weighted by Crippen LogP contribution is -2.62. The van der Waals surface area contributed by atoms with Crippen LogP contribution in [-0.4, -0.2) is 82.4 Å². The van der Waals surface area contributed by atoms with Crippen LogP contribution in [0.15, 0.2) is 23.1 Å². The van der Waals surface area contributed by atoms with Crippen LogP contribution in [0.25, 0.3) is 0 Å².